The van der Waals surface area contributed by atoms with E-state index in [9.17, 15) is 43.2 Å². The second-order valence-corrected chi connectivity index (χ2v) is 28.5. The van der Waals surface area contributed by atoms with Gasteiger partial charge in [-0.25, -0.2) is 9.13 Å². The second-order valence-electron chi connectivity index (χ2n) is 25.6. The van der Waals surface area contributed by atoms with Crippen molar-refractivity contribution in [3.8, 4) is 0 Å². The number of hydrogen-bond donors (Lipinski definition) is 3. The molecule has 0 fully saturated rings. The number of hydrogen-bond acceptors (Lipinski definition) is 15. The molecule has 5 unspecified atom stereocenters. The molecule has 0 aliphatic heterocycles. The van der Waals surface area contributed by atoms with Gasteiger partial charge in [0.15, 0.2) is 12.2 Å². The molecule has 0 aromatic rings. The lowest BCUT2D eigenvalue weighted by Gasteiger charge is -2.21. The van der Waals surface area contributed by atoms with Gasteiger partial charge in [-0.05, 0) is 83.5 Å². The van der Waals surface area contributed by atoms with Gasteiger partial charge in [-0.1, -0.05) is 311 Å². The molecule has 0 spiro atoms. The maximum Gasteiger partial charge on any atom is 0.472 e. The molecule has 0 aromatic heterocycles. The van der Waals surface area contributed by atoms with E-state index in [-0.39, 0.29) is 25.7 Å². The molecule has 0 radical (unpaired) electrons. The number of aliphatic hydroxyl groups is 1. The van der Waals surface area contributed by atoms with Crippen LogP contribution in [0.5, 0.6) is 0 Å². The van der Waals surface area contributed by atoms with E-state index >= 15 is 0 Å². The quantitative estimate of drug-likeness (QED) is 0.0169. The minimum Gasteiger partial charge on any atom is -0.462 e. The summed E-state index contributed by atoms with van der Waals surface area (Å²) in [5, 5.41) is 10.6. The van der Waals surface area contributed by atoms with E-state index in [2.05, 4.69) is 101 Å². The molecule has 0 saturated carbocycles. The van der Waals surface area contributed by atoms with Gasteiger partial charge >= 0.3 is 39.5 Å². The highest BCUT2D eigenvalue weighted by atomic mass is 31.2. The van der Waals surface area contributed by atoms with Gasteiger partial charge in [0.25, 0.3) is 0 Å². The van der Waals surface area contributed by atoms with Gasteiger partial charge in [0.1, 0.15) is 19.3 Å². The number of carbonyl (C=O) groups excluding carboxylic acids is 4. The Balaban J connectivity index is 5.36. The first kappa shape index (κ1) is 94.0. The Morgan fingerprint density at radius 1 is 0.306 bits per heavy atom. The summed E-state index contributed by atoms with van der Waals surface area (Å²) < 4.78 is 68.3. The minimum absolute atomic E-state index is 0.0680. The Morgan fingerprint density at radius 2 is 0.571 bits per heavy atom. The lowest BCUT2D eigenvalue weighted by molar-refractivity contribution is -0.161. The first-order chi connectivity index (χ1) is 47.7. The van der Waals surface area contributed by atoms with Crippen molar-refractivity contribution in [2.45, 2.75) is 341 Å². The van der Waals surface area contributed by atoms with Crippen molar-refractivity contribution in [2.75, 3.05) is 39.6 Å². The molecule has 3 N–H and O–H groups in total. The largest absolute Gasteiger partial charge is 0.472 e. The number of esters is 4. The zero-order chi connectivity index (χ0) is 71.8. The number of ether oxygens (including phenoxy) is 4. The molecule has 98 heavy (non-hydrogen) atoms. The van der Waals surface area contributed by atoms with Crippen LogP contribution in [-0.2, 0) is 65.4 Å². The molecule has 0 aliphatic carbocycles. The van der Waals surface area contributed by atoms with Gasteiger partial charge in [-0.2, -0.15) is 0 Å². The molecule has 17 nitrogen and oxygen atoms in total. The molecule has 0 heterocycles. The smallest absolute Gasteiger partial charge is 0.462 e. The Kier molecular flexibility index (Phi) is 68.4. The molecule has 0 aliphatic rings. The van der Waals surface area contributed by atoms with Gasteiger partial charge in [0.2, 0.25) is 0 Å². The van der Waals surface area contributed by atoms with Crippen LogP contribution in [0.1, 0.15) is 323 Å². The summed E-state index contributed by atoms with van der Waals surface area (Å²) >= 11 is 0. The van der Waals surface area contributed by atoms with Gasteiger partial charge < -0.3 is 33.8 Å². The van der Waals surface area contributed by atoms with Gasteiger partial charge in [-0.15, -0.1) is 0 Å². The lowest BCUT2D eigenvalue weighted by Crippen LogP contribution is -2.30. The van der Waals surface area contributed by atoms with Crippen LogP contribution < -0.4 is 0 Å². The highest BCUT2D eigenvalue weighted by molar-refractivity contribution is 7.47. The highest BCUT2D eigenvalue weighted by Gasteiger charge is 2.30. The van der Waals surface area contributed by atoms with Crippen molar-refractivity contribution in [2.24, 2.45) is 0 Å². The number of phosphoric ester groups is 2. The summed E-state index contributed by atoms with van der Waals surface area (Å²) in [5.41, 5.74) is 0. The normalized spacial score (nSPS) is 14.5. The van der Waals surface area contributed by atoms with Crippen LogP contribution in [0.2, 0.25) is 0 Å². The van der Waals surface area contributed by atoms with Crippen molar-refractivity contribution >= 4 is 39.5 Å². The number of carbonyl (C=O) groups is 4. The first-order valence-electron chi connectivity index (χ1n) is 38.5. The van der Waals surface area contributed by atoms with E-state index in [0.29, 0.717) is 25.7 Å². The number of aliphatic hydroxyl groups excluding tert-OH is 1. The third-order valence-electron chi connectivity index (χ3n) is 16.1. The fourth-order valence-electron chi connectivity index (χ4n) is 10.3. The van der Waals surface area contributed by atoms with E-state index < -0.39 is 97.5 Å². The Bertz CT molecular complexity index is 2240. The standard InChI is InChI=1S/C79H138O17P2/c1-5-9-13-17-21-25-29-32-35-36-39-41-45-48-52-56-60-64-77(82)89-69-74(95-78(83)65-61-57-53-49-43-28-24-20-16-12-8-4)71-93-97(85,86)91-67-73(80)68-92-98(87,88)94-72-75(96-79(84)66-62-58-54-50-46-42-38-34-31-27-23-19-15-11-7-3)70-90-76(81)63-59-55-51-47-44-40-37-33-30-26-22-18-14-10-6-2/h9-10,13-14,21-22,25-26,32-33,35,37,44,47,55,59,73-75,80H,5-8,11-12,15-20,23-24,27-31,34,36,38-43,45-46,48-54,56-58,60-72H2,1-4H3,(H,85,86)(H,87,88)/b13-9-,14-10-,25-21-,26-22-,35-32-,37-33-,47-44-,59-55-. The molecular weight excluding hydrogens is 1280 g/mol. The fraction of sp³-hybridized carbons (Fsp3) is 0.747. The number of rotatable bonds is 72. The van der Waals surface area contributed by atoms with Crippen LogP contribution >= 0.6 is 15.6 Å². The van der Waals surface area contributed by atoms with Crippen LogP contribution in [0.15, 0.2) is 97.2 Å². The monoisotopic (exact) mass is 1420 g/mol. The minimum atomic E-state index is -4.99. The van der Waals surface area contributed by atoms with Gasteiger partial charge in [-0.3, -0.25) is 37.3 Å². The predicted octanol–water partition coefficient (Wildman–Crippen LogP) is 22.0. The average molecular weight is 1420 g/mol. The second kappa shape index (κ2) is 71.4. The topological polar surface area (TPSA) is 237 Å². The predicted molar refractivity (Wildman–Crippen MR) is 399 cm³/mol. The maximum absolute atomic E-state index is 13.1. The number of allylic oxidation sites excluding steroid dienone is 15. The van der Waals surface area contributed by atoms with E-state index in [1.165, 1.54) is 103 Å². The maximum atomic E-state index is 13.1. The summed E-state index contributed by atoms with van der Waals surface area (Å²) in [4.78, 5) is 72.8. The van der Waals surface area contributed by atoms with Crippen LogP contribution in [0, 0.1) is 0 Å². The van der Waals surface area contributed by atoms with E-state index in [0.717, 1.165) is 141 Å². The summed E-state index contributed by atoms with van der Waals surface area (Å²) in [7, 11) is -9.96. The summed E-state index contributed by atoms with van der Waals surface area (Å²) in [6.07, 6.45) is 74.3. The van der Waals surface area contributed by atoms with Crippen molar-refractivity contribution in [1.82, 2.24) is 0 Å². The molecule has 0 aromatic carbocycles. The average Bonchev–Trinajstić information content (AvgIpc) is 0.982. The summed E-state index contributed by atoms with van der Waals surface area (Å²) in [6, 6.07) is 0. The zero-order valence-corrected chi connectivity index (χ0v) is 63.5. The van der Waals surface area contributed by atoms with Crippen LogP contribution in [0.4, 0.5) is 0 Å². The van der Waals surface area contributed by atoms with E-state index in [1.807, 2.05) is 18.2 Å². The summed E-state index contributed by atoms with van der Waals surface area (Å²) in [5.74, 6) is -2.31. The SMILES string of the molecule is CC/C=C\C/C=C\C/C=C\C/C=C\C/C=C\CC(=O)OCC(COP(=O)(O)OCC(O)COP(=O)(O)OCC(COC(=O)CCCCCCCCC/C=C\C/C=C\C/C=C\CC)OC(=O)CCCCCCCCCCCCC)OC(=O)CCCCCCCCCCCCCCCCC. The third-order valence-corrected chi connectivity index (χ3v) is 18.0. The van der Waals surface area contributed by atoms with Crippen LogP contribution in [-0.4, -0.2) is 96.7 Å². The molecular formula is C79H138O17P2. The Morgan fingerprint density at radius 3 is 0.908 bits per heavy atom. The van der Waals surface area contributed by atoms with Crippen LogP contribution in [0.25, 0.3) is 0 Å². The highest BCUT2D eigenvalue weighted by Crippen LogP contribution is 2.45. The number of unbranched alkanes of at least 4 members (excludes halogenated alkanes) is 31. The first-order valence-corrected chi connectivity index (χ1v) is 41.5. The lowest BCUT2D eigenvalue weighted by atomic mass is 10.0. The number of phosphoric acid groups is 2. The Labute approximate surface area is 595 Å². The Hall–Kier alpha value is -4.02. The van der Waals surface area contributed by atoms with Gasteiger partial charge in [0.05, 0.1) is 32.8 Å². The van der Waals surface area contributed by atoms with Crippen molar-refractivity contribution < 1.29 is 80.2 Å². The van der Waals surface area contributed by atoms with E-state index in [4.69, 9.17) is 37.0 Å². The zero-order valence-electron chi connectivity index (χ0n) is 61.7. The van der Waals surface area contributed by atoms with Crippen molar-refractivity contribution in [3.05, 3.63) is 97.2 Å². The molecule has 0 bridgehead atoms. The van der Waals surface area contributed by atoms with Crippen LogP contribution in [0.3, 0.4) is 0 Å². The molecule has 0 rings (SSSR count). The molecule has 0 saturated heterocycles. The van der Waals surface area contributed by atoms with Crippen molar-refractivity contribution in [3.63, 3.8) is 0 Å². The molecule has 0 amide bonds. The van der Waals surface area contributed by atoms with E-state index in [1.54, 1.807) is 6.08 Å². The van der Waals surface area contributed by atoms with Crippen molar-refractivity contribution in [1.29, 1.82) is 0 Å². The fourth-order valence-corrected chi connectivity index (χ4v) is 11.9. The molecule has 566 valence electrons. The molecule has 5 atom stereocenters. The molecule has 19 heteroatoms. The summed E-state index contributed by atoms with van der Waals surface area (Å²) in [6.45, 7) is 4.55. The third kappa shape index (κ3) is 70.4. The van der Waals surface area contributed by atoms with Gasteiger partial charge in [0, 0.05) is 19.3 Å².